The van der Waals surface area contributed by atoms with Crippen LogP contribution in [0.15, 0.2) is 12.1 Å². The number of piperazine rings is 1. The van der Waals surface area contributed by atoms with Gasteiger partial charge >= 0.3 is 0 Å². The van der Waals surface area contributed by atoms with E-state index in [4.69, 9.17) is 0 Å². The van der Waals surface area contributed by atoms with E-state index < -0.39 is 0 Å². The molecule has 0 amide bonds. The third-order valence-electron chi connectivity index (χ3n) is 4.99. The lowest BCUT2D eigenvalue weighted by Crippen LogP contribution is -2.60. The number of anilines is 1. The summed E-state index contributed by atoms with van der Waals surface area (Å²) in [6.07, 6.45) is 1.23. The van der Waals surface area contributed by atoms with Gasteiger partial charge in [-0.15, -0.1) is 0 Å². The Balaban J connectivity index is 2.29. The van der Waals surface area contributed by atoms with Gasteiger partial charge < -0.3 is 10.2 Å². The standard InChI is InChI=1S/C18H31N3/c1-7-13(4)16-11-21(18(10-19-16)12(2)3)17-9-8-14(5)20-15(17)6/h8-9,12-13,16,18-19H,7,10-11H2,1-6H3. The maximum Gasteiger partial charge on any atom is 0.0609 e. The molecule has 1 fully saturated rings. The van der Waals surface area contributed by atoms with Crippen molar-refractivity contribution in [3.8, 4) is 0 Å². The van der Waals surface area contributed by atoms with E-state index >= 15 is 0 Å². The molecule has 1 aromatic heterocycles. The van der Waals surface area contributed by atoms with Crippen LogP contribution in [0, 0.1) is 25.7 Å². The molecule has 0 spiro atoms. The minimum Gasteiger partial charge on any atom is -0.364 e. The Kier molecular flexibility index (Phi) is 5.26. The predicted molar refractivity (Wildman–Crippen MR) is 90.9 cm³/mol. The maximum atomic E-state index is 4.67. The zero-order valence-corrected chi connectivity index (χ0v) is 14.5. The third kappa shape index (κ3) is 3.57. The average molecular weight is 289 g/mol. The predicted octanol–water partition coefficient (Wildman–Crippen LogP) is 3.55. The Morgan fingerprint density at radius 1 is 1.29 bits per heavy atom. The molecule has 0 radical (unpaired) electrons. The molecule has 2 rings (SSSR count). The quantitative estimate of drug-likeness (QED) is 0.919. The van der Waals surface area contributed by atoms with E-state index in [-0.39, 0.29) is 0 Å². The SMILES string of the molecule is CCC(C)C1CN(c2ccc(C)nc2C)C(C(C)C)CN1. The zero-order chi connectivity index (χ0) is 15.6. The number of hydrogen-bond donors (Lipinski definition) is 1. The summed E-state index contributed by atoms with van der Waals surface area (Å²) in [6.45, 7) is 15.6. The van der Waals surface area contributed by atoms with Crippen LogP contribution in [-0.2, 0) is 0 Å². The van der Waals surface area contributed by atoms with Crippen LogP contribution in [0.5, 0.6) is 0 Å². The Hall–Kier alpha value is -1.09. The molecule has 0 aliphatic carbocycles. The van der Waals surface area contributed by atoms with E-state index in [0.717, 1.165) is 24.5 Å². The second-order valence-corrected chi connectivity index (χ2v) is 6.92. The Morgan fingerprint density at radius 3 is 2.57 bits per heavy atom. The van der Waals surface area contributed by atoms with Gasteiger partial charge in [-0.3, -0.25) is 4.98 Å². The van der Waals surface area contributed by atoms with Crippen molar-refractivity contribution in [2.45, 2.75) is 60.0 Å². The molecule has 0 bridgehead atoms. The first-order valence-corrected chi connectivity index (χ1v) is 8.38. The molecular weight excluding hydrogens is 258 g/mol. The van der Waals surface area contributed by atoms with Gasteiger partial charge in [0.05, 0.1) is 11.4 Å². The van der Waals surface area contributed by atoms with E-state index in [2.05, 4.69) is 68.9 Å². The molecule has 1 saturated heterocycles. The van der Waals surface area contributed by atoms with Crippen LogP contribution in [-0.4, -0.2) is 30.2 Å². The maximum absolute atomic E-state index is 4.67. The van der Waals surface area contributed by atoms with Gasteiger partial charge in [-0.2, -0.15) is 0 Å². The van der Waals surface area contributed by atoms with E-state index in [1.54, 1.807) is 0 Å². The minimum atomic E-state index is 0.550. The molecule has 21 heavy (non-hydrogen) atoms. The van der Waals surface area contributed by atoms with Gasteiger partial charge in [-0.1, -0.05) is 34.1 Å². The van der Waals surface area contributed by atoms with Crippen molar-refractivity contribution in [1.29, 1.82) is 0 Å². The van der Waals surface area contributed by atoms with Gasteiger partial charge in [-0.05, 0) is 37.8 Å². The van der Waals surface area contributed by atoms with Crippen LogP contribution < -0.4 is 10.2 Å². The molecule has 1 N–H and O–H groups in total. The average Bonchev–Trinajstić information content (AvgIpc) is 2.45. The van der Waals surface area contributed by atoms with Crippen molar-refractivity contribution in [2.24, 2.45) is 11.8 Å². The van der Waals surface area contributed by atoms with E-state index in [1.807, 2.05) is 0 Å². The summed E-state index contributed by atoms with van der Waals surface area (Å²) >= 11 is 0. The summed E-state index contributed by atoms with van der Waals surface area (Å²) < 4.78 is 0. The molecule has 1 aliphatic rings. The summed E-state index contributed by atoms with van der Waals surface area (Å²) in [5, 5.41) is 3.77. The van der Waals surface area contributed by atoms with Crippen LogP contribution in [0.2, 0.25) is 0 Å². The normalized spacial score (nSPS) is 24.4. The summed E-state index contributed by atoms with van der Waals surface area (Å²) in [6, 6.07) is 5.52. The van der Waals surface area contributed by atoms with Crippen LogP contribution in [0.1, 0.15) is 45.5 Å². The van der Waals surface area contributed by atoms with Crippen molar-refractivity contribution in [3.63, 3.8) is 0 Å². The molecule has 1 aliphatic heterocycles. The van der Waals surface area contributed by atoms with Crippen LogP contribution in [0.3, 0.4) is 0 Å². The fourth-order valence-electron chi connectivity index (χ4n) is 3.32. The van der Waals surface area contributed by atoms with Gasteiger partial charge in [0.25, 0.3) is 0 Å². The highest BCUT2D eigenvalue weighted by atomic mass is 15.2. The second kappa shape index (κ2) is 6.78. The molecular formula is C18H31N3. The van der Waals surface area contributed by atoms with Crippen LogP contribution in [0.25, 0.3) is 0 Å². The summed E-state index contributed by atoms with van der Waals surface area (Å²) in [5.74, 6) is 1.34. The molecule has 3 heteroatoms. The van der Waals surface area contributed by atoms with Gasteiger partial charge in [0, 0.05) is 30.9 Å². The molecule has 3 unspecified atom stereocenters. The first-order valence-electron chi connectivity index (χ1n) is 8.38. The summed E-state index contributed by atoms with van der Waals surface area (Å²) in [7, 11) is 0. The number of aromatic nitrogens is 1. The number of pyridine rings is 1. The molecule has 1 aromatic rings. The molecule has 0 aromatic carbocycles. The summed E-state index contributed by atoms with van der Waals surface area (Å²) in [5.41, 5.74) is 3.57. The van der Waals surface area contributed by atoms with Gasteiger partial charge in [0.1, 0.15) is 0 Å². The van der Waals surface area contributed by atoms with Crippen molar-refractivity contribution in [3.05, 3.63) is 23.5 Å². The van der Waals surface area contributed by atoms with Crippen molar-refractivity contribution in [2.75, 3.05) is 18.0 Å². The molecule has 0 saturated carbocycles. The highest BCUT2D eigenvalue weighted by Crippen LogP contribution is 2.28. The van der Waals surface area contributed by atoms with Crippen molar-refractivity contribution < 1.29 is 0 Å². The van der Waals surface area contributed by atoms with Crippen molar-refractivity contribution in [1.82, 2.24) is 10.3 Å². The van der Waals surface area contributed by atoms with Crippen LogP contribution in [0.4, 0.5) is 5.69 Å². The Morgan fingerprint density at radius 2 is 2.00 bits per heavy atom. The van der Waals surface area contributed by atoms with Gasteiger partial charge in [0.15, 0.2) is 0 Å². The molecule has 2 heterocycles. The minimum absolute atomic E-state index is 0.550. The first kappa shape index (κ1) is 16.3. The molecule has 118 valence electrons. The fourth-order valence-corrected chi connectivity index (χ4v) is 3.32. The van der Waals surface area contributed by atoms with Gasteiger partial charge in [0.2, 0.25) is 0 Å². The number of rotatable bonds is 4. The van der Waals surface area contributed by atoms with E-state index in [9.17, 15) is 0 Å². The lowest BCUT2D eigenvalue weighted by atomic mass is 9.91. The van der Waals surface area contributed by atoms with E-state index in [0.29, 0.717) is 23.9 Å². The fraction of sp³-hybridized carbons (Fsp3) is 0.722. The van der Waals surface area contributed by atoms with Gasteiger partial charge in [-0.25, -0.2) is 0 Å². The van der Waals surface area contributed by atoms with E-state index in [1.165, 1.54) is 12.1 Å². The lowest BCUT2D eigenvalue weighted by Gasteiger charge is -2.45. The largest absolute Gasteiger partial charge is 0.364 e. The molecule has 3 nitrogen and oxygen atoms in total. The number of nitrogens with zero attached hydrogens (tertiary/aromatic N) is 2. The second-order valence-electron chi connectivity index (χ2n) is 6.92. The topological polar surface area (TPSA) is 28.2 Å². The van der Waals surface area contributed by atoms with Crippen molar-refractivity contribution >= 4 is 5.69 Å². The number of hydrogen-bond acceptors (Lipinski definition) is 3. The zero-order valence-electron chi connectivity index (χ0n) is 14.5. The Bertz CT molecular complexity index is 470. The number of aryl methyl sites for hydroxylation is 2. The lowest BCUT2D eigenvalue weighted by molar-refractivity contribution is 0.281. The Labute approximate surface area is 130 Å². The monoisotopic (exact) mass is 289 g/mol. The smallest absolute Gasteiger partial charge is 0.0609 e. The third-order valence-corrected chi connectivity index (χ3v) is 4.99. The van der Waals surface area contributed by atoms with Crippen LogP contribution >= 0.6 is 0 Å². The first-order chi connectivity index (χ1) is 9.93. The highest BCUT2D eigenvalue weighted by molar-refractivity contribution is 5.52. The highest BCUT2D eigenvalue weighted by Gasteiger charge is 2.32. The molecule has 3 atom stereocenters. The number of nitrogens with one attached hydrogen (secondary N) is 1. The summed E-state index contributed by atoms with van der Waals surface area (Å²) in [4.78, 5) is 7.27.